The van der Waals surface area contributed by atoms with Crippen LogP contribution < -0.4 is 21.1 Å². The molecule has 0 aromatic heterocycles. The van der Waals surface area contributed by atoms with Crippen molar-refractivity contribution in [3.63, 3.8) is 0 Å². The second kappa shape index (κ2) is 15.7. The molecule has 0 radical (unpaired) electrons. The fraction of sp³-hybridized carbons (Fsp3) is 0.429. The molecule has 4 N–H and O–H groups in total. The van der Waals surface area contributed by atoms with Crippen molar-refractivity contribution in [2.24, 2.45) is 0 Å². The number of carbonyl (C=O) groups excluding carboxylic acids is 1. The number of rotatable bonds is 16. The van der Waals surface area contributed by atoms with E-state index in [4.69, 9.17) is 9.84 Å². The van der Waals surface area contributed by atoms with E-state index in [2.05, 4.69) is 16.2 Å². The van der Waals surface area contributed by atoms with E-state index < -0.39 is 17.7 Å². The minimum Gasteiger partial charge on any atom is -0.481 e. The summed E-state index contributed by atoms with van der Waals surface area (Å²) in [5.41, 5.74) is 8.23. The number of amides is 1. The van der Waals surface area contributed by atoms with Gasteiger partial charge in [0.1, 0.15) is 0 Å². The number of carbonyl (C=O) groups is 2. The molecule has 0 saturated carbocycles. The zero-order valence-corrected chi connectivity index (χ0v) is 22.5. The van der Waals surface area contributed by atoms with Crippen LogP contribution in [0, 0.1) is 0 Å². The number of ether oxygens (including phenoxy) is 1. The third-order valence-corrected chi connectivity index (χ3v) is 6.02. The number of halogens is 3. The molecule has 39 heavy (non-hydrogen) atoms. The second-order valence-corrected chi connectivity index (χ2v) is 8.98. The molecule has 0 aliphatic heterocycles. The van der Waals surface area contributed by atoms with Gasteiger partial charge in [0.15, 0.2) is 0 Å². The Labute approximate surface area is 227 Å². The maximum absolute atomic E-state index is 13.0. The number of hydrogen-bond acceptors (Lipinski definition) is 6. The first-order chi connectivity index (χ1) is 18.5. The van der Waals surface area contributed by atoms with Crippen molar-refractivity contribution in [3.8, 4) is 0 Å². The third-order valence-electron chi connectivity index (χ3n) is 6.02. The number of benzene rings is 2. The summed E-state index contributed by atoms with van der Waals surface area (Å²) in [6.45, 7) is 3.09. The molecule has 0 spiro atoms. The van der Waals surface area contributed by atoms with Crippen LogP contribution >= 0.6 is 0 Å². The van der Waals surface area contributed by atoms with Crippen molar-refractivity contribution in [3.05, 3.63) is 65.4 Å². The van der Waals surface area contributed by atoms with Crippen LogP contribution in [-0.4, -0.2) is 50.8 Å². The van der Waals surface area contributed by atoms with E-state index in [1.807, 2.05) is 6.92 Å². The summed E-state index contributed by atoms with van der Waals surface area (Å²) in [4.78, 5) is 25.1. The second-order valence-electron chi connectivity index (χ2n) is 8.98. The van der Waals surface area contributed by atoms with Crippen LogP contribution in [0.1, 0.15) is 60.5 Å². The Morgan fingerprint density at radius 1 is 1.03 bits per heavy atom. The Kier molecular flexibility index (Phi) is 12.8. The van der Waals surface area contributed by atoms with Gasteiger partial charge in [-0.05, 0) is 67.8 Å². The van der Waals surface area contributed by atoms with Crippen molar-refractivity contribution in [2.45, 2.75) is 45.2 Å². The summed E-state index contributed by atoms with van der Waals surface area (Å²) >= 11 is 0. The lowest BCUT2D eigenvalue weighted by Gasteiger charge is -2.24. The highest BCUT2D eigenvalue weighted by Gasteiger charge is 2.30. The summed E-state index contributed by atoms with van der Waals surface area (Å²) in [5.74, 6) is -1.05. The lowest BCUT2D eigenvalue weighted by Crippen LogP contribution is -2.27. The van der Waals surface area contributed by atoms with Gasteiger partial charge in [-0.1, -0.05) is 12.8 Å². The molecule has 0 fully saturated rings. The van der Waals surface area contributed by atoms with Crippen LogP contribution in [0.5, 0.6) is 0 Å². The number of nitrogens with one attached hydrogen (secondary N) is 3. The summed E-state index contributed by atoms with van der Waals surface area (Å²) in [5, 5.41) is 11.5. The lowest BCUT2D eigenvalue weighted by molar-refractivity contribution is -0.138. The number of nitrogens with zero attached hydrogens (tertiary/aromatic N) is 1. The predicted octanol–water partition coefficient (Wildman–Crippen LogP) is 5.34. The normalized spacial score (nSPS) is 11.8. The average molecular weight is 551 g/mol. The zero-order chi connectivity index (χ0) is 28.8. The van der Waals surface area contributed by atoms with Gasteiger partial charge in [-0.2, -0.15) is 13.2 Å². The first-order valence-corrected chi connectivity index (χ1v) is 12.8. The first-order valence-electron chi connectivity index (χ1n) is 12.8. The van der Waals surface area contributed by atoms with Crippen molar-refractivity contribution < 1.29 is 32.6 Å². The Morgan fingerprint density at radius 2 is 1.72 bits per heavy atom. The molecule has 214 valence electrons. The van der Waals surface area contributed by atoms with E-state index >= 15 is 0 Å². The highest BCUT2D eigenvalue weighted by Crippen LogP contribution is 2.34. The number of hydrogen-bond donors (Lipinski definition) is 4. The van der Waals surface area contributed by atoms with E-state index in [-0.39, 0.29) is 12.3 Å². The van der Waals surface area contributed by atoms with E-state index in [0.717, 1.165) is 42.5 Å². The largest absolute Gasteiger partial charge is 0.481 e. The summed E-state index contributed by atoms with van der Waals surface area (Å²) in [7, 11) is 3.47. The Balaban J connectivity index is 2.02. The molecule has 0 unspecified atom stereocenters. The lowest BCUT2D eigenvalue weighted by atomic mass is 10.0. The van der Waals surface area contributed by atoms with Crippen LogP contribution in [0.2, 0.25) is 0 Å². The number of anilines is 2. The van der Waals surface area contributed by atoms with Gasteiger partial charge in [0.25, 0.3) is 5.91 Å². The Bertz CT molecular complexity index is 1100. The number of unbranched alkanes of at least 4 members (excludes halogenated alkanes) is 3. The van der Waals surface area contributed by atoms with Crippen LogP contribution in [0.25, 0.3) is 5.57 Å². The van der Waals surface area contributed by atoms with Crippen LogP contribution in [0.15, 0.2) is 48.7 Å². The smallest absolute Gasteiger partial charge is 0.416 e. The van der Waals surface area contributed by atoms with Gasteiger partial charge in [0.05, 0.1) is 12.2 Å². The minimum atomic E-state index is -4.41. The molecule has 8 nitrogen and oxygen atoms in total. The molecule has 2 rings (SSSR count). The van der Waals surface area contributed by atoms with Gasteiger partial charge in [-0.3, -0.25) is 9.59 Å². The standard InChI is InChI=1S/C28H37F3N4O4/c1-20(19-34-32-2)24-18-21(27(38)33-15-17-39-16-7-5-4-6-8-26(36)37)9-14-25(24)35(3)23-12-10-22(11-13-23)28(29,30)31/h9-14,18-19,32,34H,4-8,15-17H2,1-3H3,(H,33,38)(H,36,37)/b20-19+. The first kappa shape index (κ1) is 31.6. The molecular weight excluding hydrogens is 513 g/mol. The van der Waals surface area contributed by atoms with Crippen LogP contribution in [-0.2, 0) is 15.7 Å². The number of aliphatic carboxylic acids is 1. The van der Waals surface area contributed by atoms with Crippen molar-refractivity contribution in [1.29, 1.82) is 0 Å². The molecular formula is C28H37F3N4O4. The molecule has 0 aliphatic carbocycles. The topological polar surface area (TPSA) is 103 Å². The average Bonchev–Trinajstić information content (AvgIpc) is 2.91. The minimum absolute atomic E-state index is 0.183. The summed E-state index contributed by atoms with van der Waals surface area (Å²) in [6, 6.07) is 10.1. The van der Waals surface area contributed by atoms with E-state index in [0.29, 0.717) is 43.1 Å². The monoisotopic (exact) mass is 550 g/mol. The maximum Gasteiger partial charge on any atom is 0.416 e. The molecule has 11 heteroatoms. The Hall–Kier alpha value is -3.57. The van der Waals surface area contributed by atoms with Crippen molar-refractivity contribution in [2.75, 3.05) is 38.8 Å². The maximum atomic E-state index is 13.0. The van der Waals surface area contributed by atoms with Gasteiger partial charge in [-0.15, -0.1) is 0 Å². The van der Waals surface area contributed by atoms with E-state index in [1.54, 1.807) is 43.4 Å². The molecule has 0 bridgehead atoms. The quantitative estimate of drug-likeness (QED) is 0.165. The SMILES string of the molecule is CNN/C=C(\C)c1cc(C(=O)NCCOCCCCCCC(=O)O)ccc1N(C)c1ccc(C(F)(F)F)cc1. The van der Waals surface area contributed by atoms with Gasteiger partial charge in [0, 0.05) is 62.4 Å². The van der Waals surface area contributed by atoms with Crippen molar-refractivity contribution >= 4 is 28.8 Å². The molecule has 2 aromatic carbocycles. The number of carboxylic acid groups (broad SMARTS) is 1. The van der Waals surface area contributed by atoms with Crippen LogP contribution in [0.4, 0.5) is 24.5 Å². The van der Waals surface area contributed by atoms with Crippen LogP contribution in [0.3, 0.4) is 0 Å². The Morgan fingerprint density at radius 3 is 2.36 bits per heavy atom. The third kappa shape index (κ3) is 10.6. The van der Waals surface area contributed by atoms with Gasteiger partial charge >= 0.3 is 12.1 Å². The molecule has 0 atom stereocenters. The van der Waals surface area contributed by atoms with Gasteiger partial charge < -0.3 is 25.5 Å². The number of allylic oxidation sites excluding steroid dienone is 1. The molecule has 2 aromatic rings. The fourth-order valence-electron chi connectivity index (χ4n) is 3.83. The molecule has 0 heterocycles. The number of hydrazine groups is 1. The number of carboxylic acids is 1. The van der Waals surface area contributed by atoms with Gasteiger partial charge in [0.2, 0.25) is 0 Å². The predicted molar refractivity (Wildman–Crippen MR) is 146 cm³/mol. The van der Waals surface area contributed by atoms with Gasteiger partial charge in [-0.25, -0.2) is 5.43 Å². The van der Waals surface area contributed by atoms with E-state index in [9.17, 15) is 22.8 Å². The summed E-state index contributed by atoms with van der Waals surface area (Å²) in [6.07, 6.45) is 0.729. The summed E-state index contributed by atoms with van der Waals surface area (Å²) < 4.78 is 44.5. The van der Waals surface area contributed by atoms with E-state index in [1.165, 1.54) is 12.1 Å². The molecule has 0 saturated heterocycles. The number of alkyl halides is 3. The van der Waals surface area contributed by atoms with Crippen molar-refractivity contribution in [1.82, 2.24) is 16.2 Å². The highest BCUT2D eigenvalue weighted by atomic mass is 19.4. The highest BCUT2D eigenvalue weighted by molar-refractivity contribution is 5.96. The zero-order valence-electron chi connectivity index (χ0n) is 22.5. The molecule has 0 aliphatic rings. The fourth-order valence-corrected chi connectivity index (χ4v) is 3.83. The molecule has 1 amide bonds.